The SMILES string of the molecule is CS(=O)(=O)c1ccc(-c2nn(C(=O)Nc3cccc(Cl)c3)[c]c2-c2ccc(Cl)cc2)cc1. The predicted octanol–water partition coefficient (Wildman–Crippen LogP) is 5.81. The van der Waals surface area contributed by atoms with Crippen molar-refractivity contribution in [2.45, 2.75) is 4.90 Å². The lowest BCUT2D eigenvalue weighted by molar-refractivity contribution is 0.251. The fourth-order valence-corrected chi connectivity index (χ4v) is 4.00. The van der Waals surface area contributed by atoms with E-state index in [0.717, 1.165) is 16.5 Å². The van der Waals surface area contributed by atoms with Gasteiger partial charge in [0.2, 0.25) is 0 Å². The molecule has 1 N–H and O–H groups in total. The number of benzene rings is 3. The molecule has 6 nitrogen and oxygen atoms in total. The van der Waals surface area contributed by atoms with Gasteiger partial charge in [-0.15, -0.1) is 0 Å². The third-order valence-corrected chi connectivity index (χ3v) is 6.23. The van der Waals surface area contributed by atoms with Gasteiger partial charge in [-0.3, -0.25) is 0 Å². The quantitative estimate of drug-likeness (QED) is 0.396. The Labute approximate surface area is 195 Å². The minimum absolute atomic E-state index is 0.191. The summed E-state index contributed by atoms with van der Waals surface area (Å²) in [5.41, 5.74) is 2.92. The molecule has 0 aliphatic heterocycles. The van der Waals surface area contributed by atoms with E-state index in [9.17, 15) is 13.2 Å². The van der Waals surface area contributed by atoms with E-state index in [4.69, 9.17) is 23.2 Å². The van der Waals surface area contributed by atoms with Gasteiger partial charge in [-0.25, -0.2) is 13.2 Å². The van der Waals surface area contributed by atoms with Crippen molar-refractivity contribution in [1.29, 1.82) is 0 Å². The number of nitrogens with one attached hydrogen (secondary N) is 1. The van der Waals surface area contributed by atoms with Gasteiger partial charge in [0.1, 0.15) is 11.9 Å². The Balaban J connectivity index is 1.76. The Morgan fingerprint density at radius 2 is 1.59 bits per heavy atom. The maximum absolute atomic E-state index is 12.8. The lowest BCUT2D eigenvalue weighted by atomic mass is 10.0. The van der Waals surface area contributed by atoms with Crippen LogP contribution in [0.2, 0.25) is 10.0 Å². The largest absolute Gasteiger partial charge is 0.347 e. The van der Waals surface area contributed by atoms with E-state index in [1.165, 1.54) is 12.1 Å². The number of rotatable bonds is 4. The summed E-state index contributed by atoms with van der Waals surface area (Å²) in [5, 5.41) is 8.20. The number of halogens is 2. The molecule has 4 rings (SSSR count). The van der Waals surface area contributed by atoms with Crippen LogP contribution in [0.5, 0.6) is 0 Å². The van der Waals surface area contributed by atoms with Gasteiger partial charge in [0.25, 0.3) is 0 Å². The summed E-state index contributed by atoms with van der Waals surface area (Å²) in [5.74, 6) is 0. The third kappa shape index (κ3) is 4.85. The second-order valence-electron chi connectivity index (χ2n) is 6.99. The molecule has 0 aliphatic rings. The van der Waals surface area contributed by atoms with Crippen molar-refractivity contribution in [3.05, 3.63) is 89.0 Å². The number of carbonyl (C=O) groups excluding carboxylic acids is 1. The molecule has 0 saturated carbocycles. The molecule has 0 spiro atoms. The highest BCUT2D eigenvalue weighted by Crippen LogP contribution is 2.32. The molecular formula is C23H16Cl2N3O3S. The Bertz CT molecular complexity index is 1400. The van der Waals surface area contributed by atoms with Crippen molar-refractivity contribution in [3.63, 3.8) is 0 Å². The maximum Gasteiger partial charge on any atom is 0.347 e. The first kappa shape index (κ1) is 22.1. The number of carbonyl (C=O) groups is 1. The number of amides is 1. The van der Waals surface area contributed by atoms with Gasteiger partial charge < -0.3 is 5.32 Å². The first-order valence-electron chi connectivity index (χ1n) is 9.36. The molecule has 1 heterocycles. The topological polar surface area (TPSA) is 81.1 Å². The predicted molar refractivity (Wildman–Crippen MR) is 126 cm³/mol. The molecule has 1 radical (unpaired) electrons. The summed E-state index contributed by atoms with van der Waals surface area (Å²) in [6.45, 7) is 0. The summed E-state index contributed by atoms with van der Waals surface area (Å²) in [4.78, 5) is 13.0. The van der Waals surface area contributed by atoms with E-state index < -0.39 is 15.9 Å². The molecular weight excluding hydrogens is 469 g/mol. The fourth-order valence-electron chi connectivity index (χ4n) is 3.05. The van der Waals surface area contributed by atoms with Gasteiger partial charge in [0, 0.05) is 33.1 Å². The monoisotopic (exact) mass is 484 g/mol. The van der Waals surface area contributed by atoms with Gasteiger partial charge in [-0.2, -0.15) is 9.78 Å². The summed E-state index contributed by atoms with van der Waals surface area (Å²) >= 11 is 12.0. The molecule has 9 heteroatoms. The molecule has 0 saturated heterocycles. The Hall–Kier alpha value is -3.13. The first-order valence-corrected chi connectivity index (χ1v) is 12.0. The van der Waals surface area contributed by atoms with E-state index >= 15 is 0 Å². The second-order valence-corrected chi connectivity index (χ2v) is 9.88. The minimum atomic E-state index is -3.34. The highest BCUT2D eigenvalue weighted by Gasteiger charge is 2.18. The molecule has 0 bridgehead atoms. The number of hydrogen-bond acceptors (Lipinski definition) is 4. The van der Waals surface area contributed by atoms with Crippen LogP contribution in [0, 0.1) is 6.20 Å². The standard InChI is InChI=1S/C23H16Cl2N3O3S/c1-32(30,31)20-11-7-16(8-12-20)22-21(15-5-9-17(24)10-6-15)14-28(27-22)23(29)26-19-4-2-3-18(25)13-19/h2-13H,1H3,(H,26,29). The van der Waals surface area contributed by atoms with E-state index in [1.807, 2.05) is 0 Å². The highest BCUT2D eigenvalue weighted by molar-refractivity contribution is 7.90. The zero-order chi connectivity index (χ0) is 22.9. The zero-order valence-corrected chi connectivity index (χ0v) is 19.0. The Kier molecular flexibility index (Phi) is 6.06. The number of hydrogen-bond donors (Lipinski definition) is 1. The van der Waals surface area contributed by atoms with Gasteiger partial charge in [-0.05, 0) is 48.0 Å². The Morgan fingerprint density at radius 1 is 0.938 bits per heavy atom. The van der Waals surface area contributed by atoms with E-state index in [2.05, 4.69) is 16.6 Å². The first-order chi connectivity index (χ1) is 15.2. The normalized spacial score (nSPS) is 11.3. The summed E-state index contributed by atoms with van der Waals surface area (Å²) in [6, 6.07) is 19.6. The van der Waals surface area contributed by atoms with E-state index in [-0.39, 0.29) is 4.90 Å². The van der Waals surface area contributed by atoms with Gasteiger partial charge in [0.15, 0.2) is 9.84 Å². The lowest BCUT2D eigenvalue weighted by Gasteiger charge is -2.05. The number of anilines is 1. The number of aromatic nitrogens is 2. The summed E-state index contributed by atoms with van der Waals surface area (Å²) in [6.07, 6.45) is 4.14. The van der Waals surface area contributed by atoms with Crippen LogP contribution in [-0.4, -0.2) is 30.5 Å². The average molecular weight is 485 g/mol. The highest BCUT2D eigenvalue weighted by atomic mass is 35.5. The van der Waals surface area contributed by atoms with Gasteiger partial charge in [-0.1, -0.05) is 53.5 Å². The van der Waals surface area contributed by atoms with Crippen molar-refractivity contribution in [3.8, 4) is 22.4 Å². The second kappa shape index (κ2) is 8.78. The third-order valence-electron chi connectivity index (χ3n) is 4.61. The maximum atomic E-state index is 12.8. The average Bonchev–Trinajstić information content (AvgIpc) is 3.19. The van der Waals surface area contributed by atoms with Crippen LogP contribution in [0.4, 0.5) is 10.5 Å². The Morgan fingerprint density at radius 3 is 2.22 bits per heavy atom. The lowest BCUT2D eigenvalue weighted by Crippen LogP contribution is -2.20. The van der Waals surface area contributed by atoms with Crippen LogP contribution in [0.25, 0.3) is 22.4 Å². The summed E-state index contributed by atoms with van der Waals surface area (Å²) < 4.78 is 24.7. The molecule has 3 aromatic carbocycles. The number of sulfone groups is 1. The van der Waals surface area contributed by atoms with E-state index in [0.29, 0.717) is 32.6 Å². The molecule has 0 fully saturated rings. The molecule has 1 aromatic heterocycles. The molecule has 161 valence electrons. The zero-order valence-electron chi connectivity index (χ0n) is 16.7. The molecule has 1 amide bonds. The van der Waals surface area contributed by atoms with Crippen LogP contribution in [0.1, 0.15) is 0 Å². The molecule has 0 aliphatic carbocycles. The van der Waals surface area contributed by atoms with Crippen LogP contribution in [0.15, 0.2) is 77.7 Å². The smallest absolute Gasteiger partial charge is 0.306 e. The van der Waals surface area contributed by atoms with Gasteiger partial charge >= 0.3 is 6.03 Å². The van der Waals surface area contributed by atoms with Crippen LogP contribution in [0.3, 0.4) is 0 Å². The molecule has 4 aromatic rings. The van der Waals surface area contributed by atoms with E-state index in [1.54, 1.807) is 60.7 Å². The molecule has 0 atom stereocenters. The molecule has 0 unspecified atom stereocenters. The van der Waals surface area contributed by atoms with Crippen LogP contribution in [-0.2, 0) is 9.84 Å². The van der Waals surface area contributed by atoms with Crippen molar-refractivity contribution < 1.29 is 13.2 Å². The fraction of sp³-hybridized carbons (Fsp3) is 0.0435. The number of nitrogens with zero attached hydrogens (tertiary/aromatic N) is 2. The minimum Gasteiger partial charge on any atom is -0.306 e. The van der Waals surface area contributed by atoms with Crippen LogP contribution >= 0.6 is 23.2 Å². The van der Waals surface area contributed by atoms with Crippen molar-refractivity contribution in [2.24, 2.45) is 0 Å². The summed E-state index contributed by atoms with van der Waals surface area (Å²) in [7, 11) is -3.34. The van der Waals surface area contributed by atoms with Crippen molar-refractivity contribution in [2.75, 3.05) is 11.6 Å². The van der Waals surface area contributed by atoms with Crippen molar-refractivity contribution >= 4 is 44.8 Å². The van der Waals surface area contributed by atoms with Crippen LogP contribution < -0.4 is 5.32 Å². The van der Waals surface area contributed by atoms with Gasteiger partial charge in [0.05, 0.1) is 4.90 Å². The van der Waals surface area contributed by atoms with Crippen molar-refractivity contribution in [1.82, 2.24) is 9.78 Å². The molecule has 32 heavy (non-hydrogen) atoms.